The highest BCUT2D eigenvalue weighted by molar-refractivity contribution is 5.75. The van der Waals surface area contributed by atoms with Crippen LogP contribution in [0.2, 0.25) is 0 Å². The lowest BCUT2D eigenvalue weighted by Crippen LogP contribution is -2.05. The maximum Gasteiger partial charge on any atom is 0.308 e. The van der Waals surface area contributed by atoms with Gasteiger partial charge < -0.3 is 9.47 Å². The van der Waals surface area contributed by atoms with E-state index in [2.05, 4.69) is 31.2 Å². The molecule has 3 heteroatoms. The highest BCUT2D eigenvalue weighted by atomic mass is 16.5. The van der Waals surface area contributed by atoms with E-state index in [9.17, 15) is 4.79 Å². The second-order valence-corrected chi connectivity index (χ2v) is 6.61. The quantitative estimate of drug-likeness (QED) is 0.700. The molecular weight excluding hydrogens is 300 g/mol. The van der Waals surface area contributed by atoms with Crippen molar-refractivity contribution in [1.82, 2.24) is 0 Å². The summed E-state index contributed by atoms with van der Waals surface area (Å²) in [4.78, 5) is 11.5. The average molecular weight is 324 g/mol. The fourth-order valence-electron chi connectivity index (χ4n) is 3.17. The zero-order chi connectivity index (χ0) is 16.9. The minimum Gasteiger partial charge on any atom is -0.489 e. The zero-order valence-corrected chi connectivity index (χ0v) is 14.3. The van der Waals surface area contributed by atoms with Crippen LogP contribution < -0.4 is 4.74 Å². The number of methoxy groups -OCH3 is 1. The fourth-order valence-corrected chi connectivity index (χ4v) is 3.17. The van der Waals surface area contributed by atoms with Crippen molar-refractivity contribution in [3.63, 3.8) is 0 Å². The largest absolute Gasteiger partial charge is 0.489 e. The number of carbonyl (C=O) groups excluding carboxylic acids is 1. The summed E-state index contributed by atoms with van der Waals surface area (Å²) in [7, 11) is 1.47. The van der Waals surface area contributed by atoms with Gasteiger partial charge >= 0.3 is 5.97 Å². The Morgan fingerprint density at radius 3 is 2.50 bits per heavy atom. The number of esters is 1. The van der Waals surface area contributed by atoms with E-state index < -0.39 is 0 Å². The van der Waals surface area contributed by atoms with E-state index in [1.807, 2.05) is 30.3 Å². The van der Waals surface area contributed by atoms with Gasteiger partial charge in [-0.2, -0.15) is 0 Å². The third kappa shape index (κ3) is 4.16. The Balaban J connectivity index is 1.50. The Morgan fingerprint density at radius 1 is 1.12 bits per heavy atom. The van der Waals surface area contributed by atoms with E-state index in [0.29, 0.717) is 18.4 Å². The average Bonchev–Trinajstić information content (AvgIpc) is 3.39. The molecule has 1 aliphatic rings. The van der Waals surface area contributed by atoms with Crippen LogP contribution in [0.3, 0.4) is 0 Å². The van der Waals surface area contributed by atoms with Gasteiger partial charge in [-0.05, 0) is 47.9 Å². The Morgan fingerprint density at radius 2 is 1.83 bits per heavy atom. The van der Waals surface area contributed by atoms with Crippen molar-refractivity contribution in [1.29, 1.82) is 0 Å². The molecule has 1 aliphatic carbocycles. The molecule has 0 radical (unpaired) electrons. The topological polar surface area (TPSA) is 35.5 Å². The monoisotopic (exact) mass is 324 g/mol. The van der Waals surface area contributed by atoms with Crippen LogP contribution in [-0.4, -0.2) is 13.1 Å². The molecule has 0 saturated heterocycles. The summed E-state index contributed by atoms with van der Waals surface area (Å²) in [6, 6.07) is 18.5. The highest BCUT2D eigenvalue weighted by Crippen LogP contribution is 2.45. The number of hydrogen-bond acceptors (Lipinski definition) is 3. The van der Waals surface area contributed by atoms with Crippen LogP contribution in [0, 0.1) is 11.8 Å². The Labute approximate surface area is 143 Å². The Hall–Kier alpha value is -2.29. The molecule has 24 heavy (non-hydrogen) atoms. The van der Waals surface area contributed by atoms with E-state index >= 15 is 0 Å². The molecule has 1 saturated carbocycles. The second-order valence-electron chi connectivity index (χ2n) is 6.61. The van der Waals surface area contributed by atoms with Gasteiger partial charge in [-0.15, -0.1) is 0 Å². The van der Waals surface area contributed by atoms with Crippen LogP contribution in [0.15, 0.2) is 54.6 Å². The van der Waals surface area contributed by atoms with Crippen LogP contribution in [0.5, 0.6) is 5.75 Å². The van der Waals surface area contributed by atoms with Crippen LogP contribution >= 0.6 is 0 Å². The van der Waals surface area contributed by atoms with E-state index in [1.165, 1.54) is 12.7 Å². The minimum absolute atomic E-state index is 0.0585. The third-order valence-corrected chi connectivity index (χ3v) is 4.78. The lowest BCUT2D eigenvalue weighted by molar-refractivity contribution is -0.142. The summed E-state index contributed by atoms with van der Waals surface area (Å²) >= 11 is 0. The Kier molecular flexibility index (Phi) is 5.19. The molecule has 0 aromatic heterocycles. The molecule has 1 fully saturated rings. The molecule has 2 aromatic carbocycles. The molecule has 3 rings (SSSR count). The van der Waals surface area contributed by atoms with Crippen molar-refractivity contribution in [2.75, 3.05) is 7.11 Å². The van der Waals surface area contributed by atoms with E-state index in [-0.39, 0.29) is 11.9 Å². The van der Waals surface area contributed by atoms with Gasteiger partial charge in [0.1, 0.15) is 12.4 Å². The lowest BCUT2D eigenvalue weighted by atomic mass is 9.95. The van der Waals surface area contributed by atoms with Gasteiger partial charge in [0, 0.05) is 0 Å². The first-order chi connectivity index (χ1) is 11.7. The van der Waals surface area contributed by atoms with E-state index in [0.717, 1.165) is 24.2 Å². The van der Waals surface area contributed by atoms with Crippen molar-refractivity contribution >= 4 is 5.97 Å². The predicted octanol–water partition coefficient (Wildman–Crippen LogP) is 4.57. The van der Waals surface area contributed by atoms with Crippen LogP contribution in [0.25, 0.3) is 0 Å². The maximum atomic E-state index is 11.5. The SMILES string of the molecule is COC(=O)C1CC1CC(C)c1ccc(OCc2ccccc2)cc1. The molecule has 2 aromatic rings. The first-order valence-corrected chi connectivity index (χ1v) is 8.52. The zero-order valence-electron chi connectivity index (χ0n) is 14.3. The first kappa shape index (κ1) is 16.6. The standard InChI is InChI=1S/C21H24O3/c1-15(12-18-13-20(18)21(22)23-2)17-8-10-19(11-9-17)24-14-16-6-4-3-5-7-16/h3-11,15,18,20H,12-14H2,1-2H3. The first-order valence-electron chi connectivity index (χ1n) is 8.52. The summed E-state index contributed by atoms with van der Waals surface area (Å²) < 4.78 is 10.6. The van der Waals surface area contributed by atoms with E-state index in [4.69, 9.17) is 9.47 Å². The Bertz CT molecular complexity index is 663. The van der Waals surface area contributed by atoms with Gasteiger partial charge in [0.2, 0.25) is 0 Å². The molecule has 126 valence electrons. The summed E-state index contributed by atoms with van der Waals surface area (Å²) in [5, 5.41) is 0. The molecule has 0 spiro atoms. The van der Waals surface area contributed by atoms with Crippen molar-refractivity contribution < 1.29 is 14.3 Å². The van der Waals surface area contributed by atoms with Crippen LogP contribution in [0.4, 0.5) is 0 Å². The molecule has 0 aliphatic heterocycles. The van der Waals surface area contributed by atoms with Gasteiger partial charge in [0.05, 0.1) is 13.0 Å². The van der Waals surface area contributed by atoms with Gasteiger partial charge in [0.25, 0.3) is 0 Å². The number of rotatable bonds is 7. The maximum absolute atomic E-state index is 11.5. The molecule has 0 bridgehead atoms. The van der Waals surface area contributed by atoms with Gasteiger partial charge in [0.15, 0.2) is 0 Å². The molecule has 3 nitrogen and oxygen atoms in total. The summed E-state index contributed by atoms with van der Waals surface area (Å²) in [5.41, 5.74) is 2.45. The van der Waals surface area contributed by atoms with Crippen molar-refractivity contribution in [2.45, 2.75) is 32.3 Å². The van der Waals surface area contributed by atoms with Crippen LogP contribution in [0.1, 0.15) is 36.8 Å². The van der Waals surface area contributed by atoms with Gasteiger partial charge in [-0.1, -0.05) is 49.4 Å². The minimum atomic E-state index is -0.0585. The number of ether oxygens (including phenoxy) is 2. The van der Waals surface area contributed by atoms with Crippen molar-refractivity contribution in [3.8, 4) is 5.75 Å². The number of benzene rings is 2. The predicted molar refractivity (Wildman–Crippen MR) is 93.9 cm³/mol. The molecule has 0 N–H and O–H groups in total. The third-order valence-electron chi connectivity index (χ3n) is 4.78. The molecule has 3 atom stereocenters. The lowest BCUT2D eigenvalue weighted by Gasteiger charge is -2.13. The van der Waals surface area contributed by atoms with Crippen molar-refractivity contribution in [3.05, 3.63) is 65.7 Å². The normalized spacial score (nSPS) is 20.2. The van der Waals surface area contributed by atoms with Gasteiger partial charge in [-0.3, -0.25) is 4.79 Å². The van der Waals surface area contributed by atoms with Gasteiger partial charge in [-0.25, -0.2) is 0 Å². The molecule has 0 heterocycles. The molecular formula is C21H24O3. The fraction of sp³-hybridized carbons (Fsp3) is 0.381. The molecule has 0 amide bonds. The molecule has 3 unspecified atom stereocenters. The summed E-state index contributed by atoms with van der Waals surface area (Å²) in [5.74, 6) is 1.85. The number of hydrogen-bond donors (Lipinski definition) is 0. The second kappa shape index (κ2) is 7.52. The van der Waals surface area contributed by atoms with Crippen molar-refractivity contribution in [2.24, 2.45) is 11.8 Å². The highest BCUT2D eigenvalue weighted by Gasteiger charge is 2.44. The van der Waals surface area contributed by atoms with E-state index in [1.54, 1.807) is 0 Å². The van der Waals surface area contributed by atoms with Crippen LogP contribution in [-0.2, 0) is 16.1 Å². The summed E-state index contributed by atoms with van der Waals surface area (Å²) in [6.45, 7) is 2.80. The summed E-state index contributed by atoms with van der Waals surface area (Å²) in [6.07, 6.45) is 2.00. The smallest absolute Gasteiger partial charge is 0.308 e. The number of carbonyl (C=O) groups is 1.